The Bertz CT molecular complexity index is 125. The van der Waals surface area contributed by atoms with Crippen molar-refractivity contribution in [1.29, 1.82) is 0 Å². The highest BCUT2D eigenvalue weighted by Gasteiger charge is 2.52. The number of hydrogen-bond donors (Lipinski definition) is 0. The molecule has 0 aliphatic heterocycles. The molecule has 0 bridgehead atoms. The highest BCUT2D eigenvalue weighted by molar-refractivity contribution is 4.78. The van der Waals surface area contributed by atoms with E-state index in [1.54, 1.807) is 0 Å². The summed E-state index contributed by atoms with van der Waals surface area (Å²) in [5.74, 6) is -7.24. The molecular formula is C5H6F6. The molecule has 11 heavy (non-hydrogen) atoms. The lowest BCUT2D eigenvalue weighted by atomic mass is 10.1. The Kier molecular flexibility index (Phi) is 2.79. The maximum absolute atomic E-state index is 11.9. The average molecular weight is 180 g/mol. The van der Waals surface area contributed by atoms with Crippen molar-refractivity contribution in [3.05, 3.63) is 0 Å². The van der Waals surface area contributed by atoms with Crippen molar-refractivity contribution < 1.29 is 26.3 Å². The third kappa shape index (κ3) is 2.59. The molecule has 0 aromatic heterocycles. The summed E-state index contributed by atoms with van der Waals surface area (Å²) in [5.41, 5.74) is 0. The van der Waals surface area contributed by atoms with Crippen molar-refractivity contribution in [1.82, 2.24) is 0 Å². The first-order valence-electron chi connectivity index (χ1n) is 2.72. The van der Waals surface area contributed by atoms with Crippen LogP contribution in [-0.2, 0) is 0 Å². The summed E-state index contributed by atoms with van der Waals surface area (Å²) in [6, 6.07) is 0. The molecule has 0 N–H and O–H groups in total. The van der Waals surface area contributed by atoms with E-state index in [0.717, 1.165) is 0 Å². The minimum Gasteiger partial charge on any atom is -0.244 e. The molecule has 0 fully saturated rings. The van der Waals surface area contributed by atoms with Crippen LogP contribution in [0.2, 0.25) is 0 Å². The summed E-state index contributed by atoms with van der Waals surface area (Å²) in [6.45, 7) is -2.03. The number of rotatable bonds is 2. The van der Waals surface area contributed by atoms with Gasteiger partial charge in [0.25, 0.3) is 5.92 Å². The highest BCUT2D eigenvalue weighted by Crippen LogP contribution is 2.37. The second-order valence-corrected chi connectivity index (χ2v) is 2.16. The smallest absolute Gasteiger partial charge is 0.244 e. The van der Waals surface area contributed by atoms with Crippen molar-refractivity contribution >= 4 is 0 Å². The second-order valence-electron chi connectivity index (χ2n) is 2.16. The molecule has 1 atom stereocenters. The van der Waals surface area contributed by atoms with Gasteiger partial charge in [-0.25, -0.2) is 13.2 Å². The maximum atomic E-state index is 11.9. The molecule has 0 aromatic rings. The fourth-order valence-electron chi connectivity index (χ4n) is 0.355. The van der Waals surface area contributed by atoms with Crippen molar-refractivity contribution in [2.24, 2.45) is 5.92 Å². The zero-order chi connectivity index (χ0) is 9.28. The molecule has 0 heterocycles. The summed E-state index contributed by atoms with van der Waals surface area (Å²) in [6.07, 6.45) is -5.05. The van der Waals surface area contributed by atoms with Crippen LogP contribution in [-0.4, -0.2) is 18.8 Å². The SMILES string of the molecule is CC(C(F)(F)F)C(F)(F)CF. The van der Waals surface area contributed by atoms with Gasteiger partial charge in [-0.15, -0.1) is 0 Å². The van der Waals surface area contributed by atoms with Gasteiger partial charge in [0.05, 0.1) is 0 Å². The zero-order valence-corrected chi connectivity index (χ0v) is 5.55. The predicted molar refractivity (Wildman–Crippen MR) is 26.1 cm³/mol. The highest BCUT2D eigenvalue weighted by atomic mass is 19.4. The topological polar surface area (TPSA) is 0 Å². The van der Waals surface area contributed by atoms with Crippen LogP contribution in [0.3, 0.4) is 0 Å². The molecule has 0 saturated heterocycles. The van der Waals surface area contributed by atoms with E-state index >= 15 is 0 Å². The molecule has 0 spiro atoms. The molecule has 0 saturated carbocycles. The van der Waals surface area contributed by atoms with Crippen LogP contribution >= 0.6 is 0 Å². The molecule has 0 aromatic carbocycles. The third-order valence-corrected chi connectivity index (χ3v) is 1.30. The molecule has 0 amide bonds. The normalized spacial score (nSPS) is 16.6. The molecular weight excluding hydrogens is 174 g/mol. The van der Waals surface area contributed by atoms with Gasteiger partial charge >= 0.3 is 6.18 Å². The van der Waals surface area contributed by atoms with Gasteiger partial charge in [-0.3, -0.25) is 0 Å². The Morgan fingerprint density at radius 3 is 1.55 bits per heavy atom. The van der Waals surface area contributed by atoms with Gasteiger partial charge in [-0.2, -0.15) is 13.2 Å². The van der Waals surface area contributed by atoms with Gasteiger partial charge in [0.1, 0.15) is 5.92 Å². The molecule has 0 aliphatic rings. The summed E-state index contributed by atoms with van der Waals surface area (Å²) >= 11 is 0. The Balaban J connectivity index is 4.35. The van der Waals surface area contributed by atoms with Crippen LogP contribution < -0.4 is 0 Å². The van der Waals surface area contributed by atoms with Crippen molar-refractivity contribution in [2.45, 2.75) is 19.0 Å². The Labute approximate surface area is 59.2 Å². The summed E-state index contributed by atoms with van der Waals surface area (Å²) in [5, 5.41) is 0. The first-order chi connectivity index (χ1) is 4.72. The molecule has 68 valence electrons. The number of alkyl halides is 6. The fourth-order valence-corrected chi connectivity index (χ4v) is 0.355. The Morgan fingerprint density at radius 1 is 1.09 bits per heavy atom. The van der Waals surface area contributed by atoms with Gasteiger partial charge in [-0.1, -0.05) is 0 Å². The third-order valence-electron chi connectivity index (χ3n) is 1.30. The van der Waals surface area contributed by atoms with Crippen LogP contribution in [0.4, 0.5) is 26.3 Å². The lowest BCUT2D eigenvalue weighted by molar-refractivity contribution is -0.237. The largest absolute Gasteiger partial charge is 0.397 e. The quantitative estimate of drug-likeness (QED) is 0.573. The van der Waals surface area contributed by atoms with Crippen LogP contribution in [0.5, 0.6) is 0 Å². The first-order valence-corrected chi connectivity index (χ1v) is 2.72. The van der Waals surface area contributed by atoms with E-state index in [0.29, 0.717) is 0 Å². The molecule has 1 unspecified atom stereocenters. The van der Waals surface area contributed by atoms with Crippen molar-refractivity contribution in [2.75, 3.05) is 6.67 Å². The lowest BCUT2D eigenvalue weighted by Crippen LogP contribution is -2.38. The maximum Gasteiger partial charge on any atom is 0.397 e. The van der Waals surface area contributed by atoms with E-state index < -0.39 is 24.7 Å². The average Bonchev–Trinajstić information content (AvgIpc) is 1.84. The van der Waals surface area contributed by atoms with Crippen LogP contribution in [0.25, 0.3) is 0 Å². The molecule has 6 heteroatoms. The molecule has 0 nitrogen and oxygen atoms in total. The minimum atomic E-state index is -5.05. The Morgan fingerprint density at radius 2 is 1.45 bits per heavy atom. The monoisotopic (exact) mass is 180 g/mol. The minimum absolute atomic E-state index is 0.250. The van der Waals surface area contributed by atoms with Gasteiger partial charge in [0, 0.05) is 0 Å². The van der Waals surface area contributed by atoms with Crippen LogP contribution in [0.1, 0.15) is 6.92 Å². The van der Waals surface area contributed by atoms with E-state index in [9.17, 15) is 26.3 Å². The first kappa shape index (κ1) is 10.6. The van der Waals surface area contributed by atoms with E-state index in [4.69, 9.17) is 0 Å². The van der Waals surface area contributed by atoms with Gasteiger partial charge in [0.2, 0.25) is 0 Å². The van der Waals surface area contributed by atoms with Crippen LogP contribution in [0.15, 0.2) is 0 Å². The number of hydrogen-bond acceptors (Lipinski definition) is 0. The van der Waals surface area contributed by atoms with Crippen molar-refractivity contribution in [3.63, 3.8) is 0 Å². The second kappa shape index (κ2) is 2.91. The zero-order valence-electron chi connectivity index (χ0n) is 5.55. The summed E-state index contributed by atoms with van der Waals surface area (Å²) < 4.78 is 69.7. The van der Waals surface area contributed by atoms with Crippen molar-refractivity contribution in [3.8, 4) is 0 Å². The standard InChI is InChI=1S/C5H6F6/c1-3(5(9,10)11)4(7,8)2-6/h3H,2H2,1H3. The van der Waals surface area contributed by atoms with E-state index in [1.165, 1.54) is 0 Å². The number of halogens is 6. The van der Waals surface area contributed by atoms with Gasteiger partial charge in [0.15, 0.2) is 6.67 Å². The van der Waals surface area contributed by atoms with E-state index in [1.807, 2.05) is 0 Å². The molecule has 0 aliphatic carbocycles. The Hall–Kier alpha value is -0.420. The summed E-state index contributed by atoms with van der Waals surface area (Å²) in [4.78, 5) is 0. The summed E-state index contributed by atoms with van der Waals surface area (Å²) in [7, 11) is 0. The van der Waals surface area contributed by atoms with E-state index in [-0.39, 0.29) is 6.92 Å². The van der Waals surface area contributed by atoms with Gasteiger partial charge < -0.3 is 0 Å². The molecule has 0 radical (unpaired) electrons. The predicted octanol–water partition coefficient (Wildman–Crippen LogP) is 2.79. The van der Waals surface area contributed by atoms with Gasteiger partial charge in [-0.05, 0) is 6.92 Å². The molecule has 0 rings (SSSR count). The lowest BCUT2D eigenvalue weighted by Gasteiger charge is -2.22. The van der Waals surface area contributed by atoms with Crippen LogP contribution in [0, 0.1) is 5.92 Å². The van der Waals surface area contributed by atoms with E-state index in [2.05, 4.69) is 0 Å². The fraction of sp³-hybridized carbons (Fsp3) is 1.00.